The Morgan fingerprint density at radius 1 is 1.20 bits per heavy atom. The maximum absolute atomic E-state index is 13.0. The van der Waals surface area contributed by atoms with Crippen LogP contribution in [0.15, 0.2) is 30.5 Å². The number of hydrogen-bond acceptors (Lipinski definition) is 4. The molecule has 2 aliphatic rings. The maximum atomic E-state index is 13.0. The molecule has 1 saturated heterocycles. The monoisotopic (exact) mass is 359 g/mol. The van der Waals surface area contributed by atoms with Crippen LogP contribution in [0.4, 0.5) is 0 Å². The molecule has 2 heterocycles. The van der Waals surface area contributed by atoms with Gasteiger partial charge in [0.25, 0.3) is 5.91 Å². The van der Waals surface area contributed by atoms with Gasteiger partial charge >= 0.3 is 0 Å². The molecule has 1 aliphatic carbocycles. The quantitative estimate of drug-likeness (QED) is 0.891. The normalized spacial score (nSPS) is 18.3. The lowest BCUT2D eigenvalue weighted by Gasteiger charge is -2.22. The van der Waals surface area contributed by atoms with Gasteiger partial charge in [-0.2, -0.15) is 0 Å². The SMILES string of the molecule is O=C(c1cn(C2CCNCC2)nn1)N(Cc1ccc(Cl)cc1)C1CC1. The Kier molecular flexibility index (Phi) is 4.72. The fourth-order valence-corrected chi connectivity index (χ4v) is 3.44. The summed E-state index contributed by atoms with van der Waals surface area (Å²) in [6.45, 7) is 2.55. The molecule has 132 valence electrons. The smallest absolute Gasteiger partial charge is 0.276 e. The predicted molar refractivity (Wildman–Crippen MR) is 95.5 cm³/mol. The highest BCUT2D eigenvalue weighted by Crippen LogP contribution is 2.30. The zero-order chi connectivity index (χ0) is 17.2. The Labute approximate surface area is 152 Å². The average Bonchev–Trinajstić information content (AvgIpc) is 3.37. The largest absolute Gasteiger partial charge is 0.330 e. The Bertz CT molecular complexity index is 734. The van der Waals surface area contributed by atoms with Crippen LogP contribution in [0.2, 0.25) is 5.02 Å². The van der Waals surface area contributed by atoms with Gasteiger partial charge in [-0.15, -0.1) is 5.10 Å². The summed E-state index contributed by atoms with van der Waals surface area (Å²) in [5.41, 5.74) is 1.52. The van der Waals surface area contributed by atoms with E-state index >= 15 is 0 Å². The first-order valence-electron chi connectivity index (χ1n) is 8.88. The van der Waals surface area contributed by atoms with E-state index in [0.717, 1.165) is 44.3 Å². The first-order chi connectivity index (χ1) is 12.2. The minimum Gasteiger partial charge on any atom is -0.330 e. The van der Waals surface area contributed by atoms with Crippen molar-refractivity contribution in [2.45, 2.75) is 44.3 Å². The van der Waals surface area contributed by atoms with Crippen molar-refractivity contribution in [3.8, 4) is 0 Å². The van der Waals surface area contributed by atoms with Crippen molar-refractivity contribution >= 4 is 17.5 Å². The van der Waals surface area contributed by atoms with Crippen LogP contribution in [0.3, 0.4) is 0 Å². The van der Waals surface area contributed by atoms with Gasteiger partial charge in [0.1, 0.15) is 0 Å². The highest BCUT2D eigenvalue weighted by Gasteiger charge is 2.34. The molecule has 1 aromatic carbocycles. The molecule has 7 heteroatoms. The van der Waals surface area contributed by atoms with Gasteiger partial charge in [0.15, 0.2) is 5.69 Å². The summed E-state index contributed by atoms with van der Waals surface area (Å²) in [6.07, 6.45) is 5.97. The Morgan fingerprint density at radius 3 is 2.60 bits per heavy atom. The molecule has 6 nitrogen and oxygen atoms in total. The van der Waals surface area contributed by atoms with E-state index in [4.69, 9.17) is 11.6 Å². The van der Waals surface area contributed by atoms with Gasteiger partial charge in [0.05, 0.1) is 12.2 Å². The number of nitrogens with one attached hydrogen (secondary N) is 1. The van der Waals surface area contributed by atoms with Gasteiger partial charge in [0, 0.05) is 17.6 Å². The van der Waals surface area contributed by atoms with Crippen molar-refractivity contribution in [3.63, 3.8) is 0 Å². The first-order valence-corrected chi connectivity index (χ1v) is 9.26. The highest BCUT2D eigenvalue weighted by molar-refractivity contribution is 6.30. The van der Waals surface area contributed by atoms with E-state index < -0.39 is 0 Å². The predicted octanol–water partition coefficient (Wildman–Crippen LogP) is 2.66. The minimum absolute atomic E-state index is 0.0300. The zero-order valence-corrected chi connectivity index (χ0v) is 14.8. The van der Waals surface area contributed by atoms with Crippen LogP contribution in [-0.4, -0.2) is 44.9 Å². The van der Waals surface area contributed by atoms with E-state index in [1.165, 1.54) is 0 Å². The molecule has 1 saturated carbocycles. The van der Waals surface area contributed by atoms with E-state index in [1.807, 2.05) is 40.0 Å². The van der Waals surface area contributed by atoms with Crippen LogP contribution in [-0.2, 0) is 6.54 Å². The van der Waals surface area contributed by atoms with Crippen molar-refractivity contribution in [1.29, 1.82) is 0 Å². The van der Waals surface area contributed by atoms with Gasteiger partial charge < -0.3 is 10.2 Å². The number of carbonyl (C=O) groups excluding carboxylic acids is 1. The minimum atomic E-state index is -0.0300. The molecular weight excluding hydrogens is 338 g/mol. The number of amides is 1. The lowest BCUT2D eigenvalue weighted by Crippen LogP contribution is -2.33. The summed E-state index contributed by atoms with van der Waals surface area (Å²) in [4.78, 5) is 14.9. The topological polar surface area (TPSA) is 63.1 Å². The number of halogens is 1. The van der Waals surface area contributed by atoms with Crippen LogP contribution in [0.5, 0.6) is 0 Å². The highest BCUT2D eigenvalue weighted by atomic mass is 35.5. The summed E-state index contributed by atoms with van der Waals surface area (Å²) < 4.78 is 1.86. The van der Waals surface area contributed by atoms with Gasteiger partial charge in [-0.05, 0) is 56.5 Å². The number of hydrogen-bond donors (Lipinski definition) is 1. The van der Waals surface area contributed by atoms with E-state index in [0.29, 0.717) is 29.3 Å². The third-order valence-corrected chi connectivity index (χ3v) is 5.18. The molecule has 0 atom stereocenters. The molecule has 1 amide bonds. The van der Waals surface area contributed by atoms with Crippen LogP contribution in [0.1, 0.15) is 47.8 Å². The number of nitrogens with zero attached hydrogens (tertiary/aromatic N) is 4. The number of rotatable bonds is 5. The summed E-state index contributed by atoms with van der Waals surface area (Å²) in [7, 11) is 0. The van der Waals surface area contributed by atoms with Crippen molar-refractivity contribution in [2.75, 3.05) is 13.1 Å². The van der Waals surface area contributed by atoms with Crippen LogP contribution in [0.25, 0.3) is 0 Å². The molecule has 1 aliphatic heterocycles. The zero-order valence-electron chi connectivity index (χ0n) is 14.1. The second-order valence-electron chi connectivity index (χ2n) is 6.86. The van der Waals surface area contributed by atoms with E-state index in [2.05, 4.69) is 15.6 Å². The van der Waals surface area contributed by atoms with Gasteiger partial charge in [-0.1, -0.05) is 28.9 Å². The molecule has 25 heavy (non-hydrogen) atoms. The van der Waals surface area contributed by atoms with Crippen LogP contribution < -0.4 is 5.32 Å². The standard InChI is InChI=1S/C18H22ClN5O/c19-14-3-1-13(2-4-14)11-23(15-5-6-15)18(25)17-12-24(22-21-17)16-7-9-20-10-8-16/h1-4,12,15-16,20H,5-11H2. The van der Waals surface area contributed by atoms with Crippen molar-refractivity contribution < 1.29 is 4.79 Å². The molecule has 0 radical (unpaired) electrons. The number of piperidine rings is 1. The van der Waals surface area contributed by atoms with Crippen molar-refractivity contribution in [1.82, 2.24) is 25.2 Å². The van der Waals surface area contributed by atoms with Gasteiger partial charge in [0.2, 0.25) is 0 Å². The molecule has 0 unspecified atom stereocenters. The molecular formula is C18H22ClN5O. The molecule has 1 N–H and O–H groups in total. The Morgan fingerprint density at radius 2 is 1.92 bits per heavy atom. The molecule has 4 rings (SSSR count). The number of aromatic nitrogens is 3. The molecule has 2 aromatic rings. The number of benzene rings is 1. The van der Waals surface area contributed by atoms with Crippen LogP contribution in [0, 0.1) is 0 Å². The van der Waals surface area contributed by atoms with Crippen molar-refractivity contribution in [2.24, 2.45) is 0 Å². The summed E-state index contributed by atoms with van der Waals surface area (Å²) in [5.74, 6) is -0.0300. The fraction of sp³-hybridized carbons (Fsp3) is 0.500. The maximum Gasteiger partial charge on any atom is 0.276 e. The molecule has 1 aromatic heterocycles. The summed E-state index contributed by atoms with van der Waals surface area (Å²) in [5, 5.41) is 12.4. The average molecular weight is 360 g/mol. The third-order valence-electron chi connectivity index (χ3n) is 4.93. The first kappa shape index (κ1) is 16.5. The van der Waals surface area contributed by atoms with Crippen molar-refractivity contribution in [3.05, 3.63) is 46.7 Å². The summed E-state index contributed by atoms with van der Waals surface area (Å²) in [6, 6.07) is 8.31. The van der Waals surface area contributed by atoms with Gasteiger partial charge in [-0.3, -0.25) is 4.79 Å². The van der Waals surface area contributed by atoms with E-state index in [1.54, 1.807) is 0 Å². The molecule has 0 bridgehead atoms. The lowest BCUT2D eigenvalue weighted by molar-refractivity contribution is 0.0723. The Hall–Kier alpha value is -1.92. The third kappa shape index (κ3) is 3.85. The molecule has 2 fully saturated rings. The van der Waals surface area contributed by atoms with Gasteiger partial charge in [-0.25, -0.2) is 4.68 Å². The second-order valence-corrected chi connectivity index (χ2v) is 7.29. The summed E-state index contributed by atoms with van der Waals surface area (Å²) >= 11 is 5.95. The fourth-order valence-electron chi connectivity index (χ4n) is 3.31. The van der Waals surface area contributed by atoms with Crippen LogP contribution >= 0.6 is 11.6 Å². The number of carbonyl (C=O) groups is 1. The molecule has 0 spiro atoms. The lowest BCUT2D eigenvalue weighted by atomic mass is 10.1. The van der Waals surface area contributed by atoms with E-state index in [9.17, 15) is 4.79 Å². The van der Waals surface area contributed by atoms with E-state index in [-0.39, 0.29) is 5.91 Å². The Balaban J connectivity index is 1.49. The second kappa shape index (κ2) is 7.14.